The van der Waals surface area contributed by atoms with Gasteiger partial charge >= 0.3 is 0 Å². The maximum Gasteiger partial charge on any atom is 0.136 e. The molecule has 1 nitrogen and oxygen atoms in total. The molecule has 0 aliphatic rings. The highest BCUT2D eigenvalue weighted by Crippen LogP contribution is 2.40. The molecule has 2 aromatic carbocycles. The fourth-order valence-electron chi connectivity index (χ4n) is 3.50. The highest BCUT2D eigenvalue weighted by molar-refractivity contribution is 6.23. The van der Waals surface area contributed by atoms with Crippen molar-refractivity contribution in [2.24, 2.45) is 0 Å². The molecule has 0 radical (unpaired) electrons. The van der Waals surface area contributed by atoms with E-state index in [2.05, 4.69) is 0 Å². The number of hydrogen-bond donors (Lipinski definition) is 0. The lowest BCUT2D eigenvalue weighted by Gasteiger charge is -1.99. The lowest BCUT2D eigenvalue weighted by molar-refractivity contribution is 0.592. The molecule has 0 fully saturated rings. The predicted octanol–water partition coefficient (Wildman–Crippen LogP) is 5.25. The number of halogens is 3. The summed E-state index contributed by atoms with van der Waals surface area (Å²) in [5, 5.41) is 2.45. The van der Waals surface area contributed by atoms with E-state index in [0.29, 0.717) is 21.9 Å². The third kappa shape index (κ3) is 1.25. The second kappa shape index (κ2) is 3.71. The molecule has 106 valence electrons. The Morgan fingerprint density at radius 1 is 0.682 bits per heavy atom. The summed E-state index contributed by atoms with van der Waals surface area (Å²) in [5.41, 5.74) is 1.80. The number of aromatic nitrogens is 1. The highest BCUT2D eigenvalue weighted by atomic mass is 19.1. The van der Waals surface area contributed by atoms with E-state index in [1.165, 1.54) is 18.2 Å². The third-order valence-electron chi connectivity index (χ3n) is 4.28. The maximum absolute atomic E-state index is 14.3. The summed E-state index contributed by atoms with van der Waals surface area (Å²) in [5.74, 6) is -1.74. The molecular formula is C18H8F3N. The average Bonchev–Trinajstić information content (AvgIpc) is 2.97. The van der Waals surface area contributed by atoms with Gasteiger partial charge in [0.25, 0.3) is 0 Å². The molecule has 22 heavy (non-hydrogen) atoms. The van der Waals surface area contributed by atoms with E-state index in [1.54, 1.807) is 4.40 Å². The van der Waals surface area contributed by atoms with Crippen LogP contribution in [0.15, 0.2) is 48.5 Å². The van der Waals surface area contributed by atoms with Crippen LogP contribution >= 0.6 is 0 Å². The summed E-state index contributed by atoms with van der Waals surface area (Å²) in [6.07, 6.45) is 0. The first-order chi connectivity index (χ1) is 10.6. The number of hydrogen-bond acceptors (Lipinski definition) is 0. The molecule has 3 heterocycles. The molecule has 5 aromatic rings. The largest absolute Gasteiger partial charge is 0.308 e. The maximum atomic E-state index is 14.3. The lowest BCUT2D eigenvalue weighted by Crippen LogP contribution is -1.86. The monoisotopic (exact) mass is 295 g/mol. The molecule has 0 atom stereocenters. The van der Waals surface area contributed by atoms with Crippen LogP contribution in [-0.2, 0) is 0 Å². The van der Waals surface area contributed by atoms with E-state index in [-0.39, 0.29) is 5.39 Å². The van der Waals surface area contributed by atoms with Gasteiger partial charge in [-0.05, 0) is 18.2 Å². The van der Waals surface area contributed by atoms with Gasteiger partial charge < -0.3 is 4.40 Å². The SMILES string of the molecule is Fc1cc(F)c2c(c1)c1c3ccccc3c3cc(F)cc2n31. The smallest absolute Gasteiger partial charge is 0.136 e. The minimum atomic E-state index is -0.672. The Morgan fingerprint density at radius 2 is 1.36 bits per heavy atom. The molecule has 4 heteroatoms. The van der Waals surface area contributed by atoms with Gasteiger partial charge in [0, 0.05) is 27.6 Å². The summed E-state index contributed by atoms with van der Waals surface area (Å²) in [7, 11) is 0. The molecule has 5 rings (SSSR count). The third-order valence-corrected chi connectivity index (χ3v) is 4.28. The van der Waals surface area contributed by atoms with Crippen molar-refractivity contribution < 1.29 is 13.2 Å². The fourth-order valence-corrected chi connectivity index (χ4v) is 3.50. The number of rotatable bonds is 0. The van der Waals surface area contributed by atoms with Gasteiger partial charge in [-0.3, -0.25) is 0 Å². The number of fused-ring (bicyclic) bond motifs is 6. The Balaban J connectivity index is 2.28. The quantitative estimate of drug-likeness (QED) is 0.367. The molecule has 0 bridgehead atoms. The van der Waals surface area contributed by atoms with Crippen molar-refractivity contribution in [3.8, 4) is 0 Å². The number of pyridine rings is 1. The van der Waals surface area contributed by atoms with Crippen molar-refractivity contribution >= 4 is 38.1 Å². The second-order valence-corrected chi connectivity index (χ2v) is 5.48. The van der Waals surface area contributed by atoms with Gasteiger partial charge in [-0.15, -0.1) is 0 Å². The molecule has 0 saturated heterocycles. The van der Waals surface area contributed by atoms with Crippen molar-refractivity contribution in [3.63, 3.8) is 0 Å². The standard InChI is InChI=1S/C18H8F3N/c19-9-5-13-17(14(21)6-9)16-8-10(20)7-15-11-3-1-2-4-12(11)18(13)22(15)16/h1-8H. The summed E-state index contributed by atoms with van der Waals surface area (Å²) < 4.78 is 43.8. The Bertz CT molecular complexity index is 1200. The van der Waals surface area contributed by atoms with Gasteiger partial charge in [-0.2, -0.15) is 0 Å². The molecule has 0 spiro atoms. The van der Waals surface area contributed by atoms with Gasteiger partial charge in [-0.25, -0.2) is 13.2 Å². The van der Waals surface area contributed by atoms with Crippen molar-refractivity contribution in [1.29, 1.82) is 0 Å². The van der Waals surface area contributed by atoms with Gasteiger partial charge in [0.05, 0.1) is 16.6 Å². The van der Waals surface area contributed by atoms with Crippen molar-refractivity contribution in [2.45, 2.75) is 0 Å². The van der Waals surface area contributed by atoms with Crippen LogP contribution in [0.5, 0.6) is 0 Å². The van der Waals surface area contributed by atoms with Crippen LogP contribution < -0.4 is 0 Å². The van der Waals surface area contributed by atoms with E-state index in [4.69, 9.17) is 0 Å². The molecule has 0 amide bonds. The summed E-state index contributed by atoms with van der Waals surface area (Å²) >= 11 is 0. The van der Waals surface area contributed by atoms with Crippen LogP contribution in [0.3, 0.4) is 0 Å². The Hall–Kier alpha value is -2.75. The highest BCUT2D eigenvalue weighted by Gasteiger charge is 2.20. The molecule has 0 N–H and O–H groups in total. The first kappa shape index (κ1) is 11.9. The summed E-state index contributed by atoms with van der Waals surface area (Å²) in [6.45, 7) is 0. The van der Waals surface area contributed by atoms with Gasteiger partial charge in [-0.1, -0.05) is 24.3 Å². The molecule has 0 unspecified atom stereocenters. The average molecular weight is 295 g/mol. The van der Waals surface area contributed by atoms with E-state index >= 15 is 0 Å². The van der Waals surface area contributed by atoms with Gasteiger partial charge in [0.15, 0.2) is 0 Å². The van der Waals surface area contributed by atoms with Crippen LogP contribution in [0.25, 0.3) is 38.1 Å². The Kier molecular flexibility index (Phi) is 2.00. The zero-order valence-electron chi connectivity index (χ0n) is 11.2. The minimum Gasteiger partial charge on any atom is -0.308 e. The Morgan fingerprint density at radius 3 is 2.18 bits per heavy atom. The zero-order chi connectivity index (χ0) is 15.0. The van der Waals surface area contributed by atoms with Crippen molar-refractivity contribution in [1.82, 2.24) is 4.40 Å². The topological polar surface area (TPSA) is 4.41 Å². The van der Waals surface area contributed by atoms with Crippen LogP contribution in [-0.4, -0.2) is 4.40 Å². The van der Waals surface area contributed by atoms with E-state index in [1.807, 2.05) is 24.3 Å². The summed E-state index contributed by atoms with van der Waals surface area (Å²) in [4.78, 5) is 0. The molecular weight excluding hydrogens is 287 g/mol. The first-order valence-corrected chi connectivity index (χ1v) is 6.87. The van der Waals surface area contributed by atoms with E-state index < -0.39 is 17.5 Å². The molecule has 0 aliphatic carbocycles. The number of nitrogens with zero attached hydrogens (tertiary/aromatic N) is 1. The molecule has 3 aromatic heterocycles. The minimum absolute atomic E-state index is 0.256. The van der Waals surface area contributed by atoms with Crippen molar-refractivity contribution in [3.05, 3.63) is 66.0 Å². The van der Waals surface area contributed by atoms with Crippen LogP contribution in [0.2, 0.25) is 0 Å². The predicted molar refractivity (Wildman–Crippen MR) is 81.0 cm³/mol. The Labute approximate surface area is 122 Å². The van der Waals surface area contributed by atoms with Crippen molar-refractivity contribution in [2.75, 3.05) is 0 Å². The van der Waals surface area contributed by atoms with E-state index in [0.717, 1.165) is 16.8 Å². The first-order valence-electron chi connectivity index (χ1n) is 6.87. The fraction of sp³-hybridized carbons (Fsp3) is 0. The molecule has 0 saturated carbocycles. The van der Waals surface area contributed by atoms with E-state index in [9.17, 15) is 13.2 Å². The van der Waals surface area contributed by atoms with Gasteiger partial charge in [0.1, 0.15) is 17.5 Å². The number of benzene rings is 2. The zero-order valence-corrected chi connectivity index (χ0v) is 11.2. The van der Waals surface area contributed by atoms with Crippen LogP contribution in [0.1, 0.15) is 0 Å². The molecule has 0 aliphatic heterocycles. The lowest BCUT2D eigenvalue weighted by atomic mass is 10.1. The van der Waals surface area contributed by atoms with Crippen LogP contribution in [0, 0.1) is 17.5 Å². The summed E-state index contributed by atoms with van der Waals surface area (Å²) in [6, 6.07) is 12.4. The second-order valence-electron chi connectivity index (χ2n) is 5.48. The van der Waals surface area contributed by atoms with Gasteiger partial charge in [0.2, 0.25) is 0 Å². The normalized spacial score (nSPS) is 12.3. The van der Waals surface area contributed by atoms with Crippen LogP contribution in [0.4, 0.5) is 13.2 Å².